The van der Waals surface area contributed by atoms with Crippen molar-refractivity contribution in [3.05, 3.63) is 62.5 Å². The Morgan fingerprint density at radius 2 is 1.79 bits per heavy atom. The number of hydrogen-bond donors (Lipinski definition) is 0. The lowest BCUT2D eigenvalue weighted by Gasteiger charge is -2.06. The molecule has 2 rings (SSSR count). The van der Waals surface area contributed by atoms with Crippen molar-refractivity contribution in [3.63, 3.8) is 0 Å². The van der Waals surface area contributed by atoms with Crippen molar-refractivity contribution in [2.75, 3.05) is 6.61 Å². The third-order valence-electron chi connectivity index (χ3n) is 2.60. The maximum atomic E-state index is 12.4. The molecule has 0 fully saturated rings. The molecule has 0 atom stereocenters. The van der Waals surface area contributed by atoms with E-state index in [1.807, 2.05) is 37.3 Å². The Kier molecular flexibility index (Phi) is 4.77. The summed E-state index contributed by atoms with van der Waals surface area (Å²) in [6.07, 6.45) is 0. The van der Waals surface area contributed by atoms with Crippen LogP contribution in [-0.4, -0.2) is 12.4 Å². The van der Waals surface area contributed by atoms with Crippen LogP contribution in [0.15, 0.2) is 51.4 Å². The lowest BCUT2D eigenvalue weighted by molar-refractivity contribution is 0.103. The Morgan fingerprint density at radius 3 is 2.42 bits per heavy atom. The molecule has 2 aromatic rings. The first kappa shape index (κ1) is 14.3. The van der Waals surface area contributed by atoms with Crippen LogP contribution in [0.5, 0.6) is 5.75 Å². The molecule has 0 N–H and O–H groups in total. The summed E-state index contributed by atoms with van der Waals surface area (Å²) in [5.41, 5.74) is 1.28. The quantitative estimate of drug-likeness (QED) is 0.706. The molecule has 4 heteroatoms. The lowest BCUT2D eigenvalue weighted by atomic mass is 10.0. The molecule has 0 amide bonds. The van der Waals surface area contributed by atoms with E-state index in [9.17, 15) is 4.79 Å². The normalized spacial score (nSPS) is 10.3. The fourth-order valence-corrected chi connectivity index (χ4v) is 2.48. The standard InChI is InChI=1S/C15H12Br2O2/c1-2-19-12-6-3-10(4-7-12)15(18)13-9-11(16)5-8-14(13)17/h3-9H,2H2,1H3. The van der Waals surface area contributed by atoms with E-state index in [0.717, 1.165) is 14.7 Å². The van der Waals surface area contributed by atoms with E-state index in [1.165, 1.54) is 0 Å². The number of carbonyl (C=O) groups excluding carboxylic acids is 1. The van der Waals surface area contributed by atoms with Crippen molar-refractivity contribution < 1.29 is 9.53 Å². The maximum absolute atomic E-state index is 12.4. The van der Waals surface area contributed by atoms with Crippen LogP contribution in [0.25, 0.3) is 0 Å². The number of ether oxygens (including phenoxy) is 1. The van der Waals surface area contributed by atoms with Gasteiger partial charge in [0.1, 0.15) is 5.75 Å². The topological polar surface area (TPSA) is 26.3 Å². The zero-order valence-electron chi connectivity index (χ0n) is 10.3. The number of carbonyl (C=O) groups is 1. The van der Waals surface area contributed by atoms with E-state index in [-0.39, 0.29) is 5.78 Å². The summed E-state index contributed by atoms with van der Waals surface area (Å²) in [5.74, 6) is 0.753. The van der Waals surface area contributed by atoms with Gasteiger partial charge in [0, 0.05) is 20.1 Å². The average molecular weight is 384 g/mol. The number of halogens is 2. The summed E-state index contributed by atoms with van der Waals surface area (Å²) in [5, 5.41) is 0. The monoisotopic (exact) mass is 382 g/mol. The second kappa shape index (κ2) is 6.35. The summed E-state index contributed by atoms with van der Waals surface area (Å²) in [6.45, 7) is 2.54. The summed E-state index contributed by atoms with van der Waals surface area (Å²) in [4.78, 5) is 12.4. The predicted octanol–water partition coefficient (Wildman–Crippen LogP) is 4.84. The van der Waals surface area contributed by atoms with Crippen molar-refractivity contribution in [2.24, 2.45) is 0 Å². The zero-order chi connectivity index (χ0) is 13.8. The van der Waals surface area contributed by atoms with Crippen LogP contribution in [0.3, 0.4) is 0 Å². The van der Waals surface area contributed by atoms with Gasteiger partial charge >= 0.3 is 0 Å². The Labute approximate surface area is 129 Å². The van der Waals surface area contributed by atoms with Crippen LogP contribution in [0.4, 0.5) is 0 Å². The molecule has 0 radical (unpaired) electrons. The molecule has 0 aliphatic heterocycles. The van der Waals surface area contributed by atoms with Crippen molar-refractivity contribution in [3.8, 4) is 5.75 Å². The Hall–Kier alpha value is -1.13. The third-order valence-corrected chi connectivity index (χ3v) is 3.79. The lowest BCUT2D eigenvalue weighted by Crippen LogP contribution is -2.02. The van der Waals surface area contributed by atoms with Crippen LogP contribution in [0.1, 0.15) is 22.8 Å². The van der Waals surface area contributed by atoms with E-state index in [1.54, 1.807) is 12.1 Å². The SMILES string of the molecule is CCOc1ccc(C(=O)c2cc(Br)ccc2Br)cc1. The molecule has 2 nitrogen and oxygen atoms in total. The van der Waals surface area contributed by atoms with Gasteiger partial charge in [-0.15, -0.1) is 0 Å². The van der Waals surface area contributed by atoms with Crippen molar-refractivity contribution >= 4 is 37.6 Å². The Balaban J connectivity index is 2.30. The molecule has 0 aliphatic carbocycles. The average Bonchev–Trinajstić information content (AvgIpc) is 2.42. The maximum Gasteiger partial charge on any atom is 0.194 e. The molecular weight excluding hydrogens is 372 g/mol. The summed E-state index contributed by atoms with van der Waals surface area (Å²) >= 11 is 6.78. The van der Waals surface area contributed by atoms with Gasteiger partial charge in [0.15, 0.2) is 5.78 Å². The highest BCUT2D eigenvalue weighted by atomic mass is 79.9. The van der Waals surface area contributed by atoms with Gasteiger partial charge in [-0.3, -0.25) is 4.79 Å². The van der Waals surface area contributed by atoms with Crippen LogP contribution >= 0.6 is 31.9 Å². The van der Waals surface area contributed by atoms with E-state index in [0.29, 0.717) is 17.7 Å². The number of hydrogen-bond acceptors (Lipinski definition) is 2. The number of rotatable bonds is 4. The highest BCUT2D eigenvalue weighted by Gasteiger charge is 2.13. The summed E-state index contributed by atoms with van der Waals surface area (Å²) in [7, 11) is 0. The van der Waals surface area contributed by atoms with Crippen LogP contribution in [0, 0.1) is 0 Å². The molecule has 0 unspecified atom stereocenters. The molecule has 0 aromatic heterocycles. The summed E-state index contributed by atoms with van der Waals surface area (Å²) in [6, 6.07) is 12.7. The number of ketones is 1. The Morgan fingerprint density at radius 1 is 1.11 bits per heavy atom. The third kappa shape index (κ3) is 3.45. The minimum absolute atomic E-state index is 0.0174. The second-order valence-electron chi connectivity index (χ2n) is 3.91. The van der Waals surface area contributed by atoms with Gasteiger partial charge in [0.25, 0.3) is 0 Å². The minimum Gasteiger partial charge on any atom is -0.494 e. The van der Waals surface area contributed by atoms with Crippen molar-refractivity contribution in [2.45, 2.75) is 6.92 Å². The molecular formula is C15H12Br2O2. The molecule has 0 spiro atoms. The van der Waals surface area contributed by atoms with Gasteiger partial charge in [-0.2, -0.15) is 0 Å². The van der Waals surface area contributed by atoms with E-state index in [4.69, 9.17) is 4.74 Å². The molecule has 0 aliphatic rings. The predicted molar refractivity (Wildman–Crippen MR) is 82.9 cm³/mol. The van der Waals surface area contributed by atoms with Gasteiger partial charge in [-0.25, -0.2) is 0 Å². The fraction of sp³-hybridized carbons (Fsp3) is 0.133. The van der Waals surface area contributed by atoms with E-state index >= 15 is 0 Å². The Bertz CT molecular complexity index is 592. The van der Waals surface area contributed by atoms with Crippen molar-refractivity contribution in [1.29, 1.82) is 0 Å². The number of benzene rings is 2. The summed E-state index contributed by atoms with van der Waals surface area (Å²) < 4.78 is 7.03. The first-order valence-electron chi connectivity index (χ1n) is 5.84. The molecule has 2 aromatic carbocycles. The molecule has 0 bridgehead atoms. The zero-order valence-corrected chi connectivity index (χ0v) is 13.5. The fourth-order valence-electron chi connectivity index (χ4n) is 1.70. The van der Waals surface area contributed by atoms with Gasteiger partial charge in [-0.05, 0) is 49.4 Å². The second-order valence-corrected chi connectivity index (χ2v) is 5.68. The van der Waals surface area contributed by atoms with E-state index < -0.39 is 0 Å². The first-order valence-corrected chi connectivity index (χ1v) is 7.43. The van der Waals surface area contributed by atoms with Gasteiger partial charge in [0.05, 0.1) is 6.61 Å². The largest absolute Gasteiger partial charge is 0.494 e. The van der Waals surface area contributed by atoms with Gasteiger partial charge < -0.3 is 4.74 Å². The highest BCUT2D eigenvalue weighted by Crippen LogP contribution is 2.24. The van der Waals surface area contributed by atoms with Crippen LogP contribution in [-0.2, 0) is 0 Å². The molecule has 19 heavy (non-hydrogen) atoms. The van der Waals surface area contributed by atoms with Gasteiger partial charge in [0.2, 0.25) is 0 Å². The van der Waals surface area contributed by atoms with Crippen LogP contribution < -0.4 is 4.74 Å². The van der Waals surface area contributed by atoms with Crippen molar-refractivity contribution in [1.82, 2.24) is 0 Å². The molecule has 98 valence electrons. The van der Waals surface area contributed by atoms with Gasteiger partial charge in [-0.1, -0.05) is 31.9 Å². The van der Waals surface area contributed by atoms with E-state index in [2.05, 4.69) is 31.9 Å². The molecule has 0 heterocycles. The first-order chi connectivity index (χ1) is 9.11. The smallest absolute Gasteiger partial charge is 0.194 e. The van der Waals surface area contributed by atoms with Crippen LogP contribution in [0.2, 0.25) is 0 Å². The minimum atomic E-state index is -0.0174. The highest BCUT2D eigenvalue weighted by molar-refractivity contribution is 9.11. The molecule has 0 saturated carbocycles. The molecule has 0 saturated heterocycles.